The highest BCUT2D eigenvalue weighted by Gasteiger charge is 2.18. The summed E-state index contributed by atoms with van der Waals surface area (Å²) in [6, 6.07) is 4.15. The van der Waals surface area contributed by atoms with Crippen molar-refractivity contribution in [2.45, 2.75) is 6.92 Å². The molecule has 2 heterocycles. The van der Waals surface area contributed by atoms with Gasteiger partial charge in [-0.05, 0) is 25.1 Å². The van der Waals surface area contributed by atoms with Gasteiger partial charge in [-0.1, -0.05) is 0 Å². The first kappa shape index (κ1) is 11.5. The molecule has 0 saturated heterocycles. The number of H-pyrrole nitrogens is 1. The minimum atomic E-state index is -0.393. The van der Waals surface area contributed by atoms with Gasteiger partial charge in [-0.3, -0.25) is 9.89 Å². The lowest BCUT2D eigenvalue weighted by Gasteiger charge is -1.99. The van der Waals surface area contributed by atoms with Crippen molar-refractivity contribution in [1.82, 2.24) is 10.2 Å². The van der Waals surface area contributed by atoms with Crippen molar-refractivity contribution in [2.75, 3.05) is 5.32 Å². The summed E-state index contributed by atoms with van der Waals surface area (Å²) in [5.41, 5.74) is 1.63. The predicted molar refractivity (Wildman–Crippen MR) is 67.4 cm³/mol. The van der Waals surface area contributed by atoms with E-state index >= 15 is 0 Å². The number of furan rings is 1. The Labute approximate surface area is 107 Å². The second kappa shape index (κ2) is 4.24. The van der Waals surface area contributed by atoms with Gasteiger partial charge in [-0.25, -0.2) is 4.39 Å². The van der Waals surface area contributed by atoms with Crippen molar-refractivity contribution < 1.29 is 13.6 Å². The van der Waals surface area contributed by atoms with E-state index in [0.717, 1.165) is 0 Å². The molecule has 1 amide bonds. The number of fused-ring (bicyclic) bond motifs is 1. The number of nitrogens with one attached hydrogen (secondary N) is 2. The molecular weight excluding hydrogens is 249 g/mol. The van der Waals surface area contributed by atoms with Crippen LogP contribution in [0.2, 0.25) is 0 Å². The summed E-state index contributed by atoms with van der Waals surface area (Å²) in [7, 11) is 0. The number of carbonyl (C=O) groups excluding carboxylic acids is 1. The van der Waals surface area contributed by atoms with E-state index in [9.17, 15) is 9.18 Å². The molecule has 0 atom stereocenters. The van der Waals surface area contributed by atoms with Gasteiger partial charge in [0.2, 0.25) is 0 Å². The molecule has 0 aliphatic heterocycles. The third-order valence-corrected chi connectivity index (χ3v) is 2.86. The second-order valence-electron chi connectivity index (χ2n) is 4.14. The van der Waals surface area contributed by atoms with Crippen LogP contribution >= 0.6 is 0 Å². The average Bonchev–Trinajstić information content (AvgIpc) is 2.98. The molecule has 3 aromatic rings. The molecule has 0 unspecified atom stereocenters. The topological polar surface area (TPSA) is 70.9 Å². The molecule has 2 N–H and O–H groups in total. The molecule has 19 heavy (non-hydrogen) atoms. The average molecular weight is 259 g/mol. The van der Waals surface area contributed by atoms with Crippen LogP contribution in [0.5, 0.6) is 0 Å². The maximum Gasteiger partial charge on any atom is 0.291 e. The van der Waals surface area contributed by atoms with Gasteiger partial charge in [0.1, 0.15) is 11.4 Å². The van der Waals surface area contributed by atoms with E-state index in [1.807, 2.05) is 0 Å². The number of aromatic amines is 1. The first-order valence-electron chi connectivity index (χ1n) is 5.64. The van der Waals surface area contributed by atoms with E-state index in [4.69, 9.17) is 4.42 Å². The van der Waals surface area contributed by atoms with Gasteiger partial charge < -0.3 is 9.73 Å². The van der Waals surface area contributed by atoms with Crippen LogP contribution in [0.4, 0.5) is 10.1 Å². The van der Waals surface area contributed by atoms with Crippen molar-refractivity contribution in [3.63, 3.8) is 0 Å². The Hall–Kier alpha value is -2.63. The number of anilines is 1. The summed E-state index contributed by atoms with van der Waals surface area (Å²) >= 11 is 0. The predicted octanol–water partition coefficient (Wildman–Crippen LogP) is 2.86. The van der Waals surface area contributed by atoms with E-state index < -0.39 is 5.91 Å². The van der Waals surface area contributed by atoms with Gasteiger partial charge in [0.15, 0.2) is 5.76 Å². The molecule has 0 fully saturated rings. The Morgan fingerprint density at radius 2 is 2.32 bits per heavy atom. The maximum atomic E-state index is 13.2. The smallest absolute Gasteiger partial charge is 0.291 e. The van der Waals surface area contributed by atoms with E-state index in [0.29, 0.717) is 22.2 Å². The molecule has 3 rings (SSSR count). The molecule has 0 aliphatic rings. The fraction of sp³-hybridized carbons (Fsp3) is 0.0769. The fourth-order valence-corrected chi connectivity index (χ4v) is 1.92. The number of carbonyl (C=O) groups is 1. The first-order chi connectivity index (χ1) is 9.15. The third kappa shape index (κ3) is 1.97. The van der Waals surface area contributed by atoms with Gasteiger partial charge in [0.25, 0.3) is 5.91 Å². The minimum Gasteiger partial charge on any atom is -0.451 e. The molecule has 6 heteroatoms. The molecule has 5 nitrogen and oxygen atoms in total. The van der Waals surface area contributed by atoms with Crippen molar-refractivity contribution in [3.05, 3.63) is 47.7 Å². The quantitative estimate of drug-likeness (QED) is 0.743. The fourth-order valence-electron chi connectivity index (χ4n) is 1.92. The second-order valence-corrected chi connectivity index (χ2v) is 4.14. The van der Waals surface area contributed by atoms with Gasteiger partial charge in [-0.2, -0.15) is 5.10 Å². The van der Waals surface area contributed by atoms with Crippen LogP contribution in [-0.2, 0) is 0 Å². The van der Waals surface area contributed by atoms with Gasteiger partial charge in [0.05, 0.1) is 11.9 Å². The number of aryl methyl sites for hydroxylation is 1. The molecule has 0 saturated carbocycles. The van der Waals surface area contributed by atoms with E-state index in [1.54, 1.807) is 13.1 Å². The Balaban J connectivity index is 2.00. The van der Waals surface area contributed by atoms with Crippen molar-refractivity contribution in [1.29, 1.82) is 0 Å². The summed E-state index contributed by atoms with van der Waals surface area (Å²) in [6.07, 6.45) is 3.03. The highest BCUT2D eigenvalue weighted by molar-refractivity contribution is 6.06. The lowest BCUT2D eigenvalue weighted by Crippen LogP contribution is -2.11. The number of hydrogen-bond donors (Lipinski definition) is 2. The first-order valence-corrected chi connectivity index (χ1v) is 5.64. The Bertz CT molecular complexity index is 747. The normalized spacial score (nSPS) is 10.8. The van der Waals surface area contributed by atoms with Crippen LogP contribution in [0.3, 0.4) is 0 Å². The van der Waals surface area contributed by atoms with Crippen LogP contribution in [0.25, 0.3) is 11.0 Å². The monoisotopic (exact) mass is 259 g/mol. The summed E-state index contributed by atoms with van der Waals surface area (Å²) in [4.78, 5) is 12.0. The zero-order chi connectivity index (χ0) is 13.4. The number of aromatic nitrogens is 2. The van der Waals surface area contributed by atoms with Crippen LogP contribution in [0.15, 0.2) is 35.0 Å². The lowest BCUT2D eigenvalue weighted by molar-refractivity contribution is 0.0998. The van der Waals surface area contributed by atoms with E-state index in [-0.39, 0.29) is 11.6 Å². The highest BCUT2D eigenvalue weighted by Crippen LogP contribution is 2.26. The number of nitrogens with zero attached hydrogens (tertiary/aromatic N) is 1. The number of rotatable bonds is 2. The highest BCUT2D eigenvalue weighted by atomic mass is 19.1. The Morgan fingerprint density at radius 1 is 1.47 bits per heavy atom. The van der Waals surface area contributed by atoms with Crippen LogP contribution in [0, 0.1) is 12.7 Å². The van der Waals surface area contributed by atoms with Crippen LogP contribution in [0.1, 0.15) is 16.1 Å². The number of benzene rings is 1. The molecular formula is C13H10FN3O2. The molecule has 0 spiro atoms. The van der Waals surface area contributed by atoms with E-state index in [1.165, 1.54) is 24.4 Å². The number of amides is 1. The van der Waals surface area contributed by atoms with Crippen molar-refractivity contribution >= 4 is 22.6 Å². The van der Waals surface area contributed by atoms with Gasteiger partial charge in [-0.15, -0.1) is 0 Å². The largest absolute Gasteiger partial charge is 0.451 e. The molecule has 0 bridgehead atoms. The summed E-state index contributed by atoms with van der Waals surface area (Å²) in [6.45, 7) is 1.72. The number of halogens is 1. The Morgan fingerprint density at radius 3 is 3.05 bits per heavy atom. The van der Waals surface area contributed by atoms with Crippen molar-refractivity contribution in [2.24, 2.45) is 0 Å². The summed E-state index contributed by atoms with van der Waals surface area (Å²) in [5.74, 6) is -0.587. The summed E-state index contributed by atoms with van der Waals surface area (Å²) < 4.78 is 18.6. The Kier molecular flexibility index (Phi) is 2.56. The van der Waals surface area contributed by atoms with Gasteiger partial charge in [0, 0.05) is 17.1 Å². The van der Waals surface area contributed by atoms with Crippen molar-refractivity contribution in [3.8, 4) is 0 Å². The standard InChI is InChI=1S/C13H10FN3O2/c1-7-10-4-8(14)2-3-11(10)19-12(7)13(18)17-9-5-15-16-6-9/h2-6H,1H3,(H,15,16)(H,17,18). The lowest BCUT2D eigenvalue weighted by atomic mass is 10.1. The van der Waals surface area contributed by atoms with Crippen LogP contribution in [-0.4, -0.2) is 16.1 Å². The molecule has 0 aliphatic carbocycles. The zero-order valence-electron chi connectivity index (χ0n) is 10.0. The zero-order valence-corrected chi connectivity index (χ0v) is 10.0. The van der Waals surface area contributed by atoms with Crippen LogP contribution < -0.4 is 5.32 Å². The molecule has 2 aromatic heterocycles. The molecule has 1 aromatic carbocycles. The minimum absolute atomic E-state index is 0.168. The molecule has 96 valence electrons. The maximum absolute atomic E-state index is 13.2. The third-order valence-electron chi connectivity index (χ3n) is 2.86. The van der Waals surface area contributed by atoms with E-state index in [2.05, 4.69) is 15.5 Å². The molecule has 0 radical (unpaired) electrons. The van der Waals surface area contributed by atoms with Gasteiger partial charge >= 0.3 is 0 Å². The summed E-state index contributed by atoms with van der Waals surface area (Å²) in [5, 5.41) is 9.55. The number of hydrogen-bond acceptors (Lipinski definition) is 3. The SMILES string of the molecule is Cc1c(C(=O)Nc2cn[nH]c2)oc2ccc(F)cc12.